The molecular formula is C31H48N6O6. The summed E-state index contributed by atoms with van der Waals surface area (Å²) in [5, 5.41) is 10.5. The first-order valence-electron chi connectivity index (χ1n) is 15.4. The maximum Gasteiger partial charge on any atom is 0.312 e. The minimum absolute atomic E-state index is 0.0760. The van der Waals surface area contributed by atoms with E-state index < -0.39 is 23.9 Å². The van der Waals surface area contributed by atoms with Crippen LogP contribution in [-0.2, 0) is 30.4 Å². The number of primary amides is 1. The Bertz CT molecular complexity index is 1100. The van der Waals surface area contributed by atoms with E-state index in [0.29, 0.717) is 37.9 Å². The molecule has 43 heavy (non-hydrogen) atoms. The molecule has 1 saturated heterocycles. The molecule has 12 nitrogen and oxygen atoms in total. The number of carbonyl (C=O) groups excluding carboxylic acids is 6. The maximum atomic E-state index is 12.9. The molecule has 0 bridgehead atoms. The van der Waals surface area contributed by atoms with Gasteiger partial charge in [-0.1, -0.05) is 52.2 Å². The molecule has 0 spiro atoms. The van der Waals surface area contributed by atoms with Gasteiger partial charge in [0.05, 0.1) is 12.5 Å². The molecule has 12 heteroatoms. The van der Waals surface area contributed by atoms with Crippen molar-refractivity contribution in [2.24, 2.45) is 17.6 Å². The number of hydrogen-bond acceptors (Lipinski definition) is 6. The van der Waals surface area contributed by atoms with Crippen molar-refractivity contribution in [3.05, 3.63) is 29.8 Å². The van der Waals surface area contributed by atoms with E-state index in [1.54, 1.807) is 12.1 Å². The van der Waals surface area contributed by atoms with Crippen LogP contribution < -0.4 is 27.0 Å². The smallest absolute Gasteiger partial charge is 0.312 e. The minimum atomic E-state index is -0.884. The van der Waals surface area contributed by atoms with Crippen LogP contribution in [0, 0.1) is 11.8 Å². The molecule has 6 N–H and O–H groups in total. The van der Waals surface area contributed by atoms with Gasteiger partial charge in [0.1, 0.15) is 6.04 Å². The van der Waals surface area contributed by atoms with E-state index in [9.17, 15) is 28.8 Å². The van der Waals surface area contributed by atoms with Crippen LogP contribution in [0.15, 0.2) is 24.3 Å². The molecule has 0 aromatic heterocycles. The average Bonchev–Trinajstić information content (AvgIpc) is 3.26. The van der Waals surface area contributed by atoms with Gasteiger partial charge >= 0.3 is 6.03 Å². The summed E-state index contributed by atoms with van der Waals surface area (Å²) in [5.41, 5.74) is 6.81. The summed E-state index contributed by atoms with van der Waals surface area (Å²) in [7, 11) is 0. The molecule has 1 fully saturated rings. The molecule has 238 valence electrons. The number of amides is 7. The van der Waals surface area contributed by atoms with Gasteiger partial charge in [-0.2, -0.15) is 0 Å². The van der Waals surface area contributed by atoms with Gasteiger partial charge in [0.15, 0.2) is 0 Å². The predicted octanol–water partition coefficient (Wildman–Crippen LogP) is 2.61. The second-order valence-electron chi connectivity index (χ2n) is 11.0. The fourth-order valence-corrected chi connectivity index (χ4v) is 5.25. The molecule has 0 radical (unpaired) electrons. The van der Waals surface area contributed by atoms with E-state index in [4.69, 9.17) is 5.73 Å². The van der Waals surface area contributed by atoms with Crippen molar-refractivity contribution >= 4 is 41.3 Å². The van der Waals surface area contributed by atoms with Crippen LogP contribution in [0.2, 0.25) is 0 Å². The normalized spacial score (nSPS) is 15.3. The molecule has 1 heterocycles. The van der Waals surface area contributed by atoms with E-state index in [-0.39, 0.29) is 61.9 Å². The quantitative estimate of drug-likeness (QED) is 0.120. The van der Waals surface area contributed by atoms with E-state index >= 15 is 0 Å². The summed E-state index contributed by atoms with van der Waals surface area (Å²) in [5.74, 6) is -1.42. The average molecular weight is 601 g/mol. The molecule has 0 saturated carbocycles. The molecule has 1 aliphatic rings. The second kappa shape index (κ2) is 18.6. The minimum Gasteiger partial charge on any atom is -0.352 e. The lowest BCUT2D eigenvalue weighted by molar-refractivity contribution is -0.140. The predicted molar refractivity (Wildman–Crippen MR) is 164 cm³/mol. The number of nitrogens with zero attached hydrogens (tertiary/aromatic N) is 1. The van der Waals surface area contributed by atoms with Crippen molar-refractivity contribution in [3.8, 4) is 0 Å². The number of unbranched alkanes of at least 4 members (excludes halogenated alkanes) is 2. The van der Waals surface area contributed by atoms with Crippen LogP contribution >= 0.6 is 0 Å². The first-order valence-corrected chi connectivity index (χ1v) is 15.4. The van der Waals surface area contributed by atoms with Crippen molar-refractivity contribution in [1.29, 1.82) is 0 Å². The zero-order chi connectivity index (χ0) is 31.8. The first-order chi connectivity index (χ1) is 20.6. The number of carbonyl (C=O) groups is 6. The topological polar surface area (TPSA) is 180 Å². The summed E-state index contributed by atoms with van der Waals surface area (Å²) >= 11 is 0. The Morgan fingerprint density at radius 1 is 0.930 bits per heavy atom. The highest BCUT2D eigenvalue weighted by molar-refractivity contribution is 6.03. The third-order valence-corrected chi connectivity index (χ3v) is 7.88. The number of aryl methyl sites for hydroxylation is 1. The third kappa shape index (κ3) is 12.0. The van der Waals surface area contributed by atoms with Gasteiger partial charge < -0.3 is 27.0 Å². The lowest BCUT2D eigenvalue weighted by Gasteiger charge is -2.19. The summed E-state index contributed by atoms with van der Waals surface area (Å²) in [6.45, 7) is 6.43. The molecule has 7 amide bonds. The number of likely N-dealkylation sites (tertiary alicyclic amines) is 1. The van der Waals surface area contributed by atoms with Gasteiger partial charge in [-0.15, -0.1) is 0 Å². The summed E-state index contributed by atoms with van der Waals surface area (Å²) in [6.07, 6.45) is 5.56. The summed E-state index contributed by atoms with van der Waals surface area (Å²) < 4.78 is 0. The van der Waals surface area contributed by atoms with Crippen LogP contribution in [0.1, 0.15) is 84.1 Å². The number of urea groups is 1. The van der Waals surface area contributed by atoms with Crippen LogP contribution in [0.3, 0.4) is 0 Å². The number of nitrogens with two attached hydrogens (primary N) is 1. The van der Waals surface area contributed by atoms with Crippen molar-refractivity contribution in [2.75, 3.05) is 25.0 Å². The van der Waals surface area contributed by atoms with Crippen LogP contribution in [0.4, 0.5) is 10.5 Å². The van der Waals surface area contributed by atoms with Crippen molar-refractivity contribution in [2.45, 2.75) is 91.0 Å². The fourth-order valence-electron chi connectivity index (χ4n) is 5.25. The van der Waals surface area contributed by atoms with Gasteiger partial charge in [0, 0.05) is 31.6 Å². The summed E-state index contributed by atoms with van der Waals surface area (Å²) in [6, 6.07) is 5.83. The van der Waals surface area contributed by atoms with Crippen LogP contribution in [0.5, 0.6) is 0 Å². The van der Waals surface area contributed by atoms with Gasteiger partial charge in [-0.05, 0) is 55.7 Å². The highest BCUT2D eigenvalue weighted by atomic mass is 16.2. The molecule has 1 aromatic carbocycles. The van der Waals surface area contributed by atoms with Gasteiger partial charge in [0.2, 0.25) is 29.5 Å². The molecule has 2 atom stereocenters. The van der Waals surface area contributed by atoms with Crippen LogP contribution in [-0.4, -0.2) is 66.1 Å². The Morgan fingerprint density at radius 2 is 1.63 bits per heavy atom. The Morgan fingerprint density at radius 3 is 2.26 bits per heavy atom. The zero-order valence-electron chi connectivity index (χ0n) is 25.7. The van der Waals surface area contributed by atoms with Crippen molar-refractivity contribution < 1.29 is 28.8 Å². The van der Waals surface area contributed by atoms with E-state index in [0.717, 1.165) is 24.8 Å². The number of imide groups is 1. The fraction of sp³-hybridized carbons (Fsp3) is 0.613. The molecule has 1 aromatic rings. The number of anilines is 1. The highest BCUT2D eigenvalue weighted by Gasteiger charge is 2.41. The molecule has 2 unspecified atom stereocenters. The van der Waals surface area contributed by atoms with Gasteiger partial charge in [-0.3, -0.25) is 28.9 Å². The largest absolute Gasteiger partial charge is 0.352 e. The summed E-state index contributed by atoms with van der Waals surface area (Å²) in [4.78, 5) is 75.1. The molecule has 1 aliphatic heterocycles. The lowest BCUT2D eigenvalue weighted by atomic mass is 9.87. The molecular weight excluding hydrogens is 552 g/mol. The number of hydrogen-bond donors (Lipinski definition) is 5. The maximum absolute atomic E-state index is 12.9. The van der Waals surface area contributed by atoms with Gasteiger partial charge in [-0.25, -0.2) is 4.79 Å². The van der Waals surface area contributed by atoms with Crippen LogP contribution in [0.25, 0.3) is 0 Å². The Labute approximate surface area is 254 Å². The number of benzene rings is 1. The SMILES string of the molecule is CCc1ccc(NC(=O)C(CCCNC(N)=O)NC(=O)CNC(=O)CCCCCN2C(=O)CC(C(CC)CC)C2=O)cc1. The monoisotopic (exact) mass is 600 g/mol. The Balaban J connectivity index is 1.75. The first kappa shape index (κ1) is 35.2. The van der Waals surface area contributed by atoms with E-state index in [1.807, 2.05) is 32.9 Å². The van der Waals surface area contributed by atoms with E-state index in [1.165, 1.54) is 4.90 Å². The van der Waals surface area contributed by atoms with Crippen molar-refractivity contribution in [1.82, 2.24) is 20.9 Å². The van der Waals surface area contributed by atoms with Gasteiger partial charge in [0.25, 0.3) is 0 Å². The highest BCUT2D eigenvalue weighted by Crippen LogP contribution is 2.31. The molecule has 2 rings (SSSR count). The van der Waals surface area contributed by atoms with Crippen molar-refractivity contribution in [3.63, 3.8) is 0 Å². The Hall–Kier alpha value is -3.96. The molecule has 0 aliphatic carbocycles. The van der Waals surface area contributed by atoms with E-state index in [2.05, 4.69) is 21.3 Å². The standard InChI is InChI=1S/C31H48N6O6/c1-4-21-13-15-23(16-14-21)35-29(41)25(11-10-17-33-31(32)43)36-27(39)20-34-26(38)12-8-7-9-18-37-28(40)19-24(30(37)42)22(5-2)6-3/h13-16,22,24-25H,4-12,17-20H2,1-3H3,(H,34,38)(H,35,41)(H,36,39)(H3,32,33,43). The zero-order valence-corrected chi connectivity index (χ0v) is 25.7. The number of rotatable bonds is 19. The number of nitrogens with one attached hydrogen (secondary N) is 4. The lowest BCUT2D eigenvalue weighted by Crippen LogP contribution is -2.47. The Kier molecular flexibility index (Phi) is 15.2. The second-order valence-corrected chi connectivity index (χ2v) is 11.0. The third-order valence-electron chi connectivity index (χ3n) is 7.88.